The molecular formula is C15H23NO3S. The van der Waals surface area contributed by atoms with Crippen LogP contribution in [0.3, 0.4) is 0 Å². The number of nitrogens with zero attached hydrogens (tertiary/aromatic N) is 1. The Morgan fingerprint density at radius 3 is 2.80 bits per heavy atom. The van der Waals surface area contributed by atoms with Crippen LogP contribution in [0.2, 0.25) is 0 Å². The minimum absolute atomic E-state index is 0.0536. The van der Waals surface area contributed by atoms with Gasteiger partial charge in [0.05, 0.1) is 4.90 Å². The molecule has 0 saturated carbocycles. The van der Waals surface area contributed by atoms with Crippen molar-refractivity contribution in [2.24, 2.45) is 5.92 Å². The molecule has 0 amide bonds. The van der Waals surface area contributed by atoms with E-state index < -0.39 is 10.0 Å². The van der Waals surface area contributed by atoms with E-state index in [2.05, 4.69) is 13.8 Å². The lowest BCUT2D eigenvalue weighted by atomic mass is 10.0. The zero-order valence-electron chi connectivity index (χ0n) is 12.1. The Kier molecular flexibility index (Phi) is 4.83. The van der Waals surface area contributed by atoms with Crippen molar-refractivity contribution in [3.63, 3.8) is 0 Å². The van der Waals surface area contributed by atoms with E-state index in [1.54, 1.807) is 18.2 Å². The molecule has 2 rings (SSSR count). The smallest absolute Gasteiger partial charge is 0.243 e. The summed E-state index contributed by atoms with van der Waals surface area (Å²) in [5.41, 5.74) is 1.03. The molecule has 1 unspecified atom stereocenters. The van der Waals surface area contributed by atoms with Crippen LogP contribution in [0.5, 0.6) is 0 Å². The summed E-state index contributed by atoms with van der Waals surface area (Å²) in [5.74, 6) is 0.364. The van der Waals surface area contributed by atoms with Crippen LogP contribution in [0.25, 0.3) is 0 Å². The van der Waals surface area contributed by atoms with Crippen LogP contribution in [-0.4, -0.2) is 37.5 Å². The van der Waals surface area contributed by atoms with Gasteiger partial charge < -0.3 is 5.11 Å². The number of benzene rings is 1. The Labute approximate surface area is 121 Å². The molecule has 1 fully saturated rings. The maximum atomic E-state index is 12.7. The van der Waals surface area contributed by atoms with Crippen molar-refractivity contribution in [2.45, 2.75) is 37.5 Å². The molecule has 0 aromatic heterocycles. The molecule has 0 bridgehead atoms. The average molecular weight is 297 g/mol. The minimum Gasteiger partial charge on any atom is -0.396 e. The van der Waals surface area contributed by atoms with Gasteiger partial charge in [0, 0.05) is 19.7 Å². The number of aliphatic hydroxyl groups excluding tert-OH is 1. The summed E-state index contributed by atoms with van der Waals surface area (Å²) in [4.78, 5) is 0.363. The standard InChI is InChI=1S/C15H23NO3S/c1-12(2)14-6-3-7-15(9-14)20(18,19)16-8-4-5-13(10-16)11-17/h3,6-7,9,12-13,17H,4-5,8,10-11H2,1-2H3. The number of rotatable bonds is 4. The zero-order chi connectivity index (χ0) is 14.8. The van der Waals surface area contributed by atoms with Gasteiger partial charge in [-0.2, -0.15) is 4.31 Å². The topological polar surface area (TPSA) is 57.6 Å². The Bertz CT molecular complexity index is 554. The Hall–Kier alpha value is -0.910. The van der Waals surface area contributed by atoms with Crippen molar-refractivity contribution in [1.82, 2.24) is 4.31 Å². The molecule has 0 radical (unpaired) electrons. The van der Waals surface area contributed by atoms with E-state index in [9.17, 15) is 13.5 Å². The van der Waals surface area contributed by atoms with Gasteiger partial charge in [0.2, 0.25) is 10.0 Å². The van der Waals surface area contributed by atoms with Crippen LogP contribution >= 0.6 is 0 Å². The summed E-state index contributed by atoms with van der Waals surface area (Å²) in [6.45, 7) is 5.12. The van der Waals surface area contributed by atoms with Crippen LogP contribution in [0, 0.1) is 5.92 Å². The second-order valence-corrected chi connectivity index (χ2v) is 7.72. The van der Waals surface area contributed by atoms with Crippen molar-refractivity contribution < 1.29 is 13.5 Å². The lowest BCUT2D eigenvalue weighted by molar-refractivity contribution is 0.165. The van der Waals surface area contributed by atoms with Gasteiger partial charge in [-0.25, -0.2) is 8.42 Å². The lowest BCUT2D eigenvalue weighted by Crippen LogP contribution is -2.40. The highest BCUT2D eigenvalue weighted by Crippen LogP contribution is 2.25. The van der Waals surface area contributed by atoms with E-state index in [-0.39, 0.29) is 12.5 Å². The van der Waals surface area contributed by atoms with Crippen LogP contribution in [0.1, 0.15) is 38.2 Å². The SMILES string of the molecule is CC(C)c1cccc(S(=O)(=O)N2CCCC(CO)C2)c1. The molecule has 1 heterocycles. The number of hydrogen-bond donors (Lipinski definition) is 1. The maximum Gasteiger partial charge on any atom is 0.243 e. The molecule has 1 atom stereocenters. The third-order valence-corrected chi connectivity index (χ3v) is 5.76. The molecule has 1 saturated heterocycles. The molecule has 0 aliphatic carbocycles. The van der Waals surface area contributed by atoms with Crippen molar-refractivity contribution in [3.8, 4) is 0 Å². The average Bonchev–Trinajstić information content (AvgIpc) is 2.47. The number of aliphatic hydroxyl groups is 1. The first kappa shape index (κ1) is 15.5. The van der Waals surface area contributed by atoms with Crippen molar-refractivity contribution >= 4 is 10.0 Å². The summed E-state index contributed by atoms with van der Waals surface area (Å²) >= 11 is 0. The fraction of sp³-hybridized carbons (Fsp3) is 0.600. The molecule has 1 aliphatic rings. The Morgan fingerprint density at radius 1 is 1.40 bits per heavy atom. The summed E-state index contributed by atoms with van der Waals surface area (Å²) in [7, 11) is -3.44. The first-order valence-corrected chi connectivity index (χ1v) is 8.60. The molecule has 1 aromatic carbocycles. The summed E-state index contributed by atoms with van der Waals surface area (Å²) < 4.78 is 26.8. The van der Waals surface area contributed by atoms with Crippen LogP contribution in [0.15, 0.2) is 29.2 Å². The highest BCUT2D eigenvalue weighted by atomic mass is 32.2. The fourth-order valence-electron chi connectivity index (χ4n) is 2.58. The van der Waals surface area contributed by atoms with Crippen molar-refractivity contribution in [3.05, 3.63) is 29.8 Å². The third kappa shape index (κ3) is 3.22. The first-order valence-electron chi connectivity index (χ1n) is 7.16. The van der Waals surface area contributed by atoms with E-state index in [1.165, 1.54) is 4.31 Å². The highest BCUT2D eigenvalue weighted by molar-refractivity contribution is 7.89. The van der Waals surface area contributed by atoms with E-state index >= 15 is 0 Å². The molecular weight excluding hydrogens is 274 g/mol. The van der Waals surface area contributed by atoms with E-state index in [1.807, 2.05) is 6.07 Å². The monoisotopic (exact) mass is 297 g/mol. The molecule has 20 heavy (non-hydrogen) atoms. The summed E-state index contributed by atoms with van der Waals surface area (Å²) in [6, 6.07) is 7.18. The molecule has 1 aromatic rings. The van der Waals surface area contributed by atoms with E-state index in [4.69, 9.17) is 0 Å². The predicted molar refractivity (Wildman–Crippen MR) is 79.1 cm³/mol. The molecule has 4 nitrogen and oxygen atoms in total. The number of piperidine rings is 1. The minimum atomic E-state index is -3.44. The first-order chi connectivity index (χ1) is 9.45. The quantitative estimate of drug-likeness (QED) is 0.927. The van der Waals surface area contributed by atoms with Gasteiger partial charge in [-0.15, -0.1) is 0 Å². The Balaban J connectivity index is 2.28. The third-order valence-electron chi connectivity index (χ3n) is 3.90. The molecule has 1 N–H and O–H groups in total. The fourth-order valence-corrected chi connectivity index (χ4v) is 4.19. The van der Waals surface area contributed by atoms with E-state index in [0.717, 1.165) is 18.4 Å². The highest BCUT2D eigenvalue weighted by Gasteiger charge is 2.30. The second-order valence-electron chi connectivity index (χ2n) is 5.78. The van der Waals surface area contributed by atoms with Crippen LogP contribution < -0.4 is 0 Å². The lowest BCUT2D eigenvalue weighted by Gasteiger charge is -2.31. The molecule has 0 spiro atoms. The second kappa shape index (κ2) is 6.24. The largest absolute Gasteiger partial charge is 0.396 e. The molecule has 112 valence electrons. The maximum absolute atomic E-state index is 12.7. The van der Waals surface area contributed by atoms with Gasteiger partial charge in [-0.1, -0.05) is 26.0 Å². The number of sulfonamides is 1. The van der Waals surface area contributed by atoms with Gasteiger partial charge in [0.25, 0.3) is 0 Å². The normalized spacial score (nSPS) is 21.3. The van der Waals surface area contributed by atoms with Crippen LogP contribution in [0.4, 0.5) is 0 Å². The van der Waals surface area contributed by atoms with Gasteiger partial charge in [-0.05, 0) is 42.4 Å². The summed E-state index contributed by atoms with van der Waals surface area (Å²) in [6.07, 6.45) is 1.71. The predicted octanol–water partition coefficient (Wildman–Crippen LogP) is 2.20. The van der Waals surface area contributed by atoms with Gasteiger partial charge in [-0.3, -0.25) is 0 Å². The van der Waals surface area contributed by atoms with Gasteiger partial charge in [0.1, 0.15) is 0 Å². The van der Waals surface area contributed by atoms with Gasteiger partial charge >= 0.3 is 0 Å². The number of hydrogen-bond acceptors (Lipinski definition) is 3. The Morgan fingerprint density at radius 2 is 2.15 bits per heavy atom. The van der Waals surface area contributed by atoms with Gasteiger partial charge in [0.15, 0.2) is 0 Å². The zero-order valence-corrected chi connectivity index (χ0v) is 12.9. The van der Waals surface area contributed by atoms with E-state index in [0.29, 0.717) is 23.9 Å². The molecule has 5 heteroatoms. The van der Waals surface area contributed by atoms with Crippen LogP contribution in [-0.2, 0) is 10.0 Å². The molecule has 1 aliphatic heterocycles. The van der Waals surface area contributed by atoms with Crippen molar-refractivity contribution in [2.75, 3.05) is 19.7 Å². The van der Waals surface area contributed by atoms with Crippen molar-refractivity contribution in [1.29, 1.82) is 0 Å². The summed E-state index contributed by atoms with van der Waals surface area (Å²) in [5, 5.41) is 9.24.